The Labute approximate surface area is 182 Å². The molecule has 0 spiro atoms. The summed E-state index contributed by atoms with van der Waals surface area (Å²) in [5.41, 5.74) is 6.88. The van der Waals surface area contributed by atoms with Gasteiger partial charge in [-0.3, -0.25) is 0 Å². The quantitative estimate of drug-likeness (QED) is 0.475. The number of hydrogen-bond donors (Lipinski definition) is 0. The molecule has 4 rings (SSSR count). The molecule has 0 bridgehead atoms. The van der Waals surface area contributed by atoms with Crippen LogP contribution in [0, 0.1) is 17.8 Å². The van der Waals surface area contributed by atoms with Crippen LogP contribution in [0.4, 0.5) is 0 Å². The monoisotopic (exact) mass is 392 g/mol. The van der Waals surface area contributed by atoms with E-state index in [1.807, 2.05) is 0 Å². The standard InChI is InChI=1S/C29H38.3H2/c1-4-23-7-11-24(12-8-23)22(3)25-13-15-27(16-14-25)29-19-17-28(18-20-29)26-9-5-21(2)6-10-26;;;/h13-21,23-24,26H,3-12H2,1-2H3;3*1H. The van der Waals surface area contributed by atoms with Gasteiger partial charge in [-0.05, 0) is 90.0 Å². The van der Waals surface area contributed by atoms with Crippen LogP contribution >= 0.6 is 0 Å². The van der Waals surface area contributed by atoms with Crippen molar-refractivity contribution in [1.29, 1.82) is 0 Å². The summed E-state index contributed by atoms with van der Waals surface area (Å²) in [6, 6.07) is 18.5. The first-order valence-corrected chi connectivity index (χ1v) is 12.0. The summed E-state index contributed by atoms with van der Waals surface area (Å²) in [7, 11) is 0. The van der Waals surface area contributed by atoms with Crippen LogP contribution in [0.5, 0.6) is 0 Å². The lowest BCUT2D eigenvalue weighted by Crippen LogP contribution is -2.14. The minimum Gasteiger partial charge on any atom is -0.0950 e. The molecule has 2 aliphatic carbocycles. The molecular weight excluding hydrogens is 348 g/mol. The Kier molecular flexibility index (Phi) is 6.58. The van der Waals surface area contributed by atoms with Gasteiger partial charge in [0.1, 0.15) is 0 Å². The molecule has 0 unspecified atom stereocenters. The fourth-order valence-corrected chi connectivity index (χ4v) is 5.57. The molecule has 0 radical (unpaired) electrons. The molecule has 160 valence electrons. The summed E-state index contributed by atoms with van der Waals surface area (Å²) < 4.78 is 0. The Morgan fingerprint density at radius 1 is 0.793 bits per heavy atom. The van der Waals surface area contributed by atoms with Crippen LogP contribution in [0.2, 0.25) is 0 Å². The Balaban J connectivity index is 0.00000171. The third-order valence-corrected chi connectivity index (χ3v) is 7.90. The van der Waals surface area contributed by atoms with Gasteiger partial charge in [0.15, 0.2) is 0 Å². The summed E-state index contributed by atoms with van der Waals surface area (Å²) in [5, 5.41) is 0. The van der Waals surface area contributed by atoms with Gasteiger partial charge in [-0.25, -0.2) is 0 Å². The number of allylic oxidation sites excluding steroid dienone is 1. The molecule has 0 nitrogen and oxygen atoms in total. The summed E-state index contributed by atoms with van der Waals surface area (Å²) in [5.74, 6) is 3.32. The second kappa shape index (κ2) is 9.33. The van der Waals surface area contributed by atoms with E-state index < -0.39 is 0 Å². The van der Waals surface area contributed by atoms with Crippen molar-refractivity contribution in [3.8, 4) is 11.1 Å². The molecule has 29 heavy (non-hydrogen) atoms. The van der Waals surface area contributed by atoms with Crippen LogP contribution in [-0.2, 0) is 0 Å². The molecule has 2 fully saturated rings. The smallest absolute Gasteiger partial charge is 0 e. The molecule has 2 saturated carbocycles. The van der Waals surface area contributed by atoms with Crippen molar-refractivity contribution in [1.82, 2.24) is 0 Å². The fraction of sp³-hybridized carbons (Fsp3) is 0.517. The summed E-state index contributed by atoms with van der Waals surface area (Å²) in [4.78, 5) is 0. The van der Waals surface area contributed by atoms with Crippen molar-refractivity contribution in [3.05, 3.63) is 66.2 Å². The van der Waals surface area contributed by atoms with Gasteiger partial charge in [0.2, 0.25) is 0 Å². The van der Waals surface area contributed by atoms with Crippen LogP contribution in [0.25, 0.3) is 16.7 Å². The summed E-state index contributed by atoms with van der Waals surface area (Å²) in [6.07, 6.45) is 12.2. The average molecular weight is 393 g/mol. The predicted octanol–water partition coefficient (Wildman–Crippen LogP) is 9.61. The van der Waals surface area contributed by atoms with Gasteiger partial charge < -0.3 is 0 Å². The molecule has 0 heterocycles. The summed E-state index contributed by atoms with van der Waals surface area (Å²) >= 11 is 0. The molecule has 0 N–H and O–H groups in total. The molecule has 0 heteroatoms. The van der Waals surface area contributed by atoms with Crippen molar-refractivity contribution < 1.29 is 4.28 Å². The largest absolute Gasteiger partial charge is 0.0950 e. The van der Waals surface area contributed by atoms with Crippen LogP contribution in [0.3, 0.4) is 0 Å². The average Bonchev–Trinajstić information content (AvgIpc) is 2.79. The van der Waals surface area contributed by atoms with Crippen molar-refractivity contribution in [2.24, 2.45) is 17.8 Å². The highest BCUT2D eigenvalue weighted by molar-refractivity contribution is 5.70. The molecule has 0 aromatic heterocycles. The lowest BCUT2D eigenvalue weighted by Gasteiger charge is -2.29. The highest BCUT2D eigenvalue weighted by Gasteiger charge is 2.23. The van der Waals surface area contributed by atoms with Gasteiger partial charge in [-0.2, -0.15) is 0 Å². The minimum atomic E-state index is 0. The SMILES string of the molecule is C=C(c1ccc(-c2ccc(C3CCC(C)CC3)cc2)cc1)C1CCC(CC)CC1.[HH].[HH].[HH]. The van der Waals surface area contributed by atoms with Crippen LogP contribution in [-0.4, -0.2) is 0 Å². The molecule has 0 aliphatic heterocycles. The van der Waals surface area contributed by atoms with Crippen molar-refractivity contribution in [2.75, 3.05) is 0 Å². The zero-order valence-corrected chi connectivity index (χ0v) is 18.5. The van der Waals surface area contributed by atoms with Gasteiger partial charge in [-0.1, -0.05) is 88.2 Å². The molecule has 2 aromatic rings. The lowest BCUT2D eigenvalue weighted by atomic mass is 9.76. The Hall–Kier alpha value is -1.82. The zero-order valence-electron chi connectivity index (χ0n) is 18.5. The predicted molar refractivity (Wildman–Crippen MR) is 133 cm³/mol. The first kappa shape index (κ1) is 20.5. The molecular formula is C29H44. The molecule has 0 atom stereocenters. The third kappa shape index (κ3) is 4.85. The van der Waals surface area contributed by atoms with E-state index in [0.29, 0.717) is 5.92 Å². The van der Waals surface area contributed by atoms with Gasteiger partial charge in [0.05, 0.1) is 0 Å². The number of rotatable bonds is 5. The van der Waals surface area contributed by atoms with E-state index in [-0.39, 0.29) is 4.28 Å². The highest BCUT2D eigenvalue weighted by Crippen LogP contribution is 2.39. The Bertz CT molecular complexity index is 793. The first-order valence-electron chi connectivity index (χ1n) is 12.0. The second-order valence-corrected chi connectivity index (χ2v) is 9.81. The maximum Gasteiger partial charge on any atom is 0 e. The molecule has 0 saturated heterocycles. The van der Waals surface area contributed by atoms with Crippen molar-refractivity contribution >= 4 is 5.57 Å². The van der Waals surface area contributed by atoms with Crippen molar-refractivity contribution in [2.45, 2.75) is 77.6 Å². The molecule has 0 amide bonds. The zero-order chi connectivity index (χ0) is 20.2. The normalized spacial score (nSPS) is 27.5. The van der Waals surface area contributed by atoms with E-state index >= 15 is 0 Å². The van der Waals surface area contributed by atoms with Gasteiger partial charge in [0.25, 0.3) is 0 Å². The van der Waals surface area contributed by atoms with Crippen LogP contribution < -0.4 is 0 Å². The second-order valence-electron chi connectivity index (χ2n) is 9.81. The van der Waals surface area contributed by atoms with E-state index in [1.165, 1.54) is 85.6 Å². The lowest BCUT2D eigenvalue weighted by molar-refractivity contribution is 0.309. The van der Waals surface area contributed by atoms with Gasteiger partial charge >= 0.3 is 0 Å². The van der Waals surface area contributed by atoms with Crippen LogP contribution in [0.15, 0.2) is 55.1 Å². The van der Waals surface area contributed by atoms with Crippen LogP contribution in [0.1, 0.15) is 93.0 Å². The maximum absolute atomic E-state index is 4.47. The van der Waals surface area contributed by atoms with E-state index in [1.54, 1.807) is 0 Å². The molecule has 2 aliphatic rings. The maximum atomic E-state index is 4.47. The summed E-state index contributed by atoms with van der Waals surface area (Å²) in [6.45, 7) is 9.20. The highest BCUT2D eigenvalue weighted by atomic mass is 14.3. The third-order valence-electron chi connectivity index (χ3n) is 7.90. The Morgan fingerprint density at radius 3 is 1.90 bits per heavy atom. The number of benzene rings is 2. The first-order chi connectivity index (χ1) is 14.1. The topological polar surface area (TPSA) is 0 Å². The number of hydrogen-bond acceptors (Lipinski definition) is 0. The molecule has 2 aromatic carbocycles. The van der Waals surface area contributed by atoms with Gasteiger partial charge in [-0.15, -0.1) is 0 Å². The minimum absolute atomic E-state index is 0. The van der Waals surface area contributed by atoms with E-state index in [0.717, 1.165) is 17.8 Å². The van der Waals surface area contributed by atoms with E-state index in [2.05, 4.69) is 69.0 Å². The Morgan fingerprint density at radius 2 is 1.34 bits per heavy atom. The van der Waals surface area contributed by atoms with E-state index in [4.69, 9.17) is 0 Å². The van der Waals surface area contributed by atoms with Gasteiger partial charge in [0, 0.05) is 4.28 Å². The van der Waals surface area contributed by atoms with Crippen molar-refractivity contribution in [3.63, 3.8) is 0 Å². The van der Waals surface area contributed by atoms with E-state index in [9.17, 15) is 0 Å². The fourth-order valence-electron chi connectivity index (χ4n) is 5.57.